The number of fused-ring (bicyclic) bond motifs is 1. The molecule has 25 heavy (non-hydrogen) atoms. The highest BCUT2D eigenvalue weighted by Gasteiger charge is 2.16. The van der Waals surface area contributed by atoms with Crippen molar-refractivity contribution in [1.82, 2.24) is 14.5 Å². The van der Waals surface area contributed by atoms with E-state index in [4.69, 9.17) is 0 Å². The van der Waals surface area contributed by atoms with Crippen LogP contribution in [0.25, 0.3) is 22.6 Å². The van der Waals surface area contributed by atoms with Crippen molar-refractivity contribution in [2.24, 2.45) is 0 Å². The van der Waals surface area contributed by atoms with Gasteiger partial charge in [-0.1, -0.05) is 28.1 Å². The molecule has 0 fully saturated rings. The van der Waals surface area contributed by atoms with Gasteiger partial charge in [-0.3, -0.25) is 4.79 Å². The number of nitrogens with zero attached hydrogens (tertiary/aromatic N) is 3. The summed E-state index contributed by atoms with van der Waals surface area (Å²) < 4.78 is 2.87. The van der Waals surface area contributed by atoms with Gasteiger partial charge in [0.05, 0.1) is 16.5 Å². The van der Waals surface area contributed by atoms with Crippen LogP contribution in [0.15, 0.2) is 63.9 Å². The first-order valence-corrected chi connectivity index (χ1v) is 9.33. The standard InChI is InChI=1S/C18H13BrN4OS/c19-12-5-7-13(8-6-12)21-17(24)9-23-16-4-2-1-3-14(16)22-18(23)15-10-25-11-20-15/h1-8,10-11H,9H2,(H,21,24). The third-order valence-electron chi connectivity index (χ3n) is 3.75. The summed E-state index contributed by atoms with van der Waals surface area (Å²) in [5.41, 5.74) is 5.06. The smallest absolute Gasteiger partial charge is 0.244 e. The van der Waals surface area contributed by atoms with E-state index in [0.717, 1.165) is 26.9 Å². The summed E-state index contributed by atoms with van der Waals surface area (Å²) >= 11 is 4.89. The van der Waals surface area contributed by atoms with Crippen molar-refractivity contribution < 1.29 is 4.79 Å². The van der Waals surface area contributed by atoms with Crippen LogP contribution in [-0.4, -0.2) is 20.4 Å². The molecular formula is C18H13BrN4OS. The number of hydrogen-bond donors (Lipinski definition) is 1. The highest BCUT2D eigenvalue weighted by Crippen LogP contribution is 2.24. The van der Waals surface area contributed by atoms with Crippen LogP contribution < -0.4 is 5.32 Å². The van der Waals surface area contributed by atoms with Crippen LogP contribution in [0.3, 0.4) is 0 Å². The quantitative estimate of drug-likeness (QED) is 0.534. The number of anilines is 1. The molecule has 0 unspecified atom stereocenters. The van der Waals surface area contributed by atoms with Crippen molar-refractivity contribution in [2.75, 3.05) is 5.32 Å². The van der Waals surface area contributed by atoms with E-state index < -0.39 is 0 Å². The van der Waals surface area contributed by atoms with E-state index >= 15 is 0 Å². The van der Waals surface area contributed by atoms with Gasteiger partial charge in [-0.25, -0.2) is 9.97 Å². The Morgan fingerprint density at radius 3 is 2.72 bits per heavy atom. The number of rotatable bonds is 4. The summed E-state index contributed by atoms with van der Waals surface area (Å²) in [6, 6.07) is 15.3. The van der Waals surface area contributed by atoms with Crippen LogP contribution in [0.5, 0.6) is 0 Å². The van der Waals surface area contributed by atoms with Crippen LogP contribution in [0.2, 0.25) is 0 Å². The third-order valence-corrected chi connectivity index (χ3v) is 4.86. The minimum absolute atomic E-state index is 0.109. The van der Waals surface area contributed by atoms with E-state index in [2.05, 4.69) is 31.2 Å². The van der Waals surface area contributed by atoms with Gasteiger partial charge in [0, 0.05) is 15.5 Å². The molecule has 0 radical (unpaired) electrons. The SMILES string of the molecule is O=C(Cn1c(-c2cscn2)nc2ccccc21)Nc1ccc(Br)cc1. The lowest BCUT2D eigenvalue weighted by Crippen LogP contribution is -2.19. The van der Waals surface area contributed by atoms with E-state index in [-0.39, 0.29) is 12.5 Å². The maximum Gasteiger partial charge on any atom is 0.244 e. The zero-order valence-corrected chi connectivity index (χ0v) is 15.4. The Morgan fingerprint density at radius 2 is 1.96 bits per heavy atom. The Hall–Kier alpha value is -2.51. The van der Waals surface area contributed by atoms with Crippen molar-refractivity contribution in [1.29, 1.82) is 0 Å². The lowest BCUT2D eigenvalue weighted by Gasteiger charge is -2.09. The number of carbonyl (C=O) groups excluding carboxylic acids is 1. The fourth-order valence-corrected chi connectivity index (χ4v) is 3.43. The van der Waals surface area contributed by atoms with Crippen molar-refractivity contribution in [3.8, 4) is 11.5 Å². The highest BCUT2D eigenvalue weighted by atomic mass is 79.9. The van der Waals surface area contributed by atoms with Gasteiger partial charge < -0.3 is 9.88 Å². The lowest BCUT2D eigenvalue weighted by molar-refractivity contribution is -0.116. The Labute approximate surface area is 156 Å². The minimum Gasteiger partial charge on any atom is -0.325 e. The van der Waals surface area contributed by atoms with Crippen LogP contribution in [0, 0.1) is 0 Å². The molecule has 1 amide bonds. The van der Waals surface area contributed by atoms with Crippen LogP contribution >= 0.6 is 27.3 Å². The molecule has 0 aliphatic heterocycles. The average molecular weight is 413 g/mol. The Balaban J connectivity index is 1.67. The molecule has 4 rings (SSSR count). The monoisotopic (exact) mass is 412 g/mol. The second-order valence-corrected chi connectivity index (χ2v) is 7.07. The fourth-order valence-electron chi connectivity index (χ4n) is 2.63. The maximum absolute atomic E-state index is 12.5. The highest BCUT2D eigenvalue weighted by molar-refractivity contribution is 9.10. The van der Waals surface area contributed by atoms with Gasteiger partial charge in [-0.15, -0.1) is 11.3 Å². The first-order chi connectivity index (χ1) is 12.2. The van der Waals surface area contributed by atoms with E-state index in [9.17, 15) is 4.79 Å². The van der Waals surface area contributed by atoms with Gasteiger partial charge in [0.1, 0.15) is 12.2 Å². The molecule has 124 valence electrons. The number of thiazole rings is 1. The molecule has 2 aromatic carbocycles. The van der Waals surface area contributed by atoms with Gasteiger partial charge in [-0.2, -0.15) is 0 Å². The Bertz CT molecular complexity index is 1030. The molecule has 1 N–H and O–H groups in total. The Kier molecular flexibility index (Phi) is 4.33. The van der Waals surface area contributed by atoms with E-state index in [1.54, 1.807) is 5.51 Å². The number of aromatic nitrogens is 3. The number of halogens is 1. The topological polar surface area (TPSA) is 59.8 Å². The van der Waals surface area contributed by atoms with E-state index in [1.807, 2.05) is 58.5 Å². The average Bonchev–Trinajstić information content (AvgIpc) is 3.25. The number of para-hydroxylation sites is 2. The van der Waals surface area contributed by atoms with Gasteiger partial charge in [0.2, 0.25) is 5.91 Å². The summed E-state index contributed by atoms with van der Waals surface area (Å²) in [6.07, 6.45) is 0. The summed E-state index contributed by atoms with van der Waals surface area (Å²) in [5, 5.41) is 4.85. The van der Waals surface area contributed by atoms with E-state index in [1.165, 1.54) is 11.3 Å². The molecule has 0 atom stereocenters. The Morgan fingerprint density at radius 1 is 1.16 bits per heavy atom. The molecule has 2 heterocycles. The molecule has 2 aromatic heterocycles. The zero-order valence-electron chi connectivity index (χ0n) is 13.0. The molecule has 4 aromatic rings. The number of nitrogens with one attached hydrogen (secondary N) is 1. The number of amides is 1. The summed E-state index contributed by atoms with van der Waals surface area (Å²) in [4.78, 5) is 21.5. The normalized spacial score (nSPS) is 10.9. The van der Waals surface area contributed by atoms with Gasteiger partial charge in [0.25, 0.3) is 0 Å². The second kappa shape index (κ2) is 6.78. The largest absolute Gasteiger partial charge is 0.325 e. The van der Waals surface area contributed by atoms with Crippen molar-refractivity contribution in [2.45, 2.75) is 6.54 Å². The molecule has 0 aliphatic rings. The van der Waals surface area contributed by atoms with Crippen LogP contribution in [-0.2, 0) is 11.3 Å². The third kappa shape index (κ3) is 3.33. The molecular weight excluding hydrogens is 400 g/mol. The zero-order chi connectivity index (χ0) is 17.2. The molecule has 0 saturated heterocycles. The van der Waals surface area contributed by atoms with Crippen molar-refractivity contribution in [3.05, 3.63) is 63.9 Å². The van der Waals surface area contributed by atoms with E-state index in [0.29, 0.717) is 5.82 Å². The number of benzene rings is 2. The van der Waals surface area contributed by atoms with Gasteiger partial charge in [-0.05, 0) is 36.4 Å². The predicted molar refractivity (Wildman–Crippen MR) is 104 cm³/mol. The first kappa shape index (κ1) is 16.0. The number of imidazole rings is 1. The molecule has 0 bridgehead atoms. The number of hydrogen-bond acceptors (Lipinski definition) is 4. The minimum atomic E-state index is -0.109. The summed E-state index contributed by atoms with van der Waals surface area (Å²) in [6.45, 7) is 0.170. The van der Waals surface area contributed by atoms with Gasteiger partial charge >= 0.3 is 0 Å². The summed E-state index contributed by atoms with van der Waals surface area (Å²) in [5.74, 6) is 0.593. The van der Waals surface area contributed by atoms with Gasteiger partial charge in [0.15, 0.2) is 5.82 Å². The molecule has 7 heteroatoms. The van der Waals surface area contributed by atoms with Crippen LogP contribution in [0.4, 0.5) is 5.69 Å². The molecule has 0 aliphatic carbocycles. The molecule has 5 nitrogen and oxygen atoms in total. The van der Waals surface area contributed by atoms with Crippen LogP contribution in [0.1, 0.15) is 0 Å². The fraction of sp³-hybridized carbons (Fsp3) is 0.0556. The summed E-state index contributed by atoms with van der Waals surface area (Å²) in [7, 11) is 0. The second-order valence-electron chi connectivity index (χ2n) is 5.44. The predicted octanol–water partition coefficient (Wildman–Crippen LogP) is 4.56. The molecule has 0 spiro atoms. The lowest BCUT2D eigenvalue weighted by atomic mass is 10.3. The maximum atomic E-state index is 12.5. The van der Waals surface area contributed by atoms with Crippen molar-refractivity contribution >= 4 is 49.9 Å². The molecule has 0 saturated carbocycles. The first-order valence-electron chi connectivity index (χ1n) is 7.60. The number of carbonyl (C=O) groups is 1. The van der Waals surface area contributed by atoms with Crippen molar-refractivity contribution in [3.63, 3.8) is 0 Å².